The van der Waals surface area contributed by atoms with E-state index in [1.165, 1.54) is 0 Å². The molecule has 0 aromatic carbocycles. The summed E-state index contributed by atoms with van der Waals surface area (Å²) in [6.45, 7) is 3.92. The second-order valence-electron chi connectivity index (χ2n) is 5.70. The molecule has 3 aliphatic rings. The molecule has 0 aromatic rings. The Morgan fingerprint density at radius 1 is 1.26 bits per heavy atom. The molecular weight excluding hydrogens is 246 g/mol. The van der Waals surface area contributed by atoms with Crippen molar-refractivity contribution in [3.05, 3.63) is 0 Å². The van der Waals surface area contributed by atoms with Gasteiger partial charge < -0.3 is 20.5 Å². The summed E-state index contributed by atoms with van der Waals surface area (Å²) in [7, 11) is 0. The van der Waals surface area contributed by atoms with Crippen molar-refractivity contribution < 1.29 is 14.3 Å². The average Bonchev–Trinajstić information content (AvgIpc) is 2.88. The van der Waals surface area contributed by atoms with E-state index in [1.54, 1.807) is 0 Å². The van der Waals surface area contributed by atoms with Crippen LogP contribution in [-0.2, 0) is 14.3 Å². The van der Waals surface area contributed by atoms with E-state index in [0.29, 0.717) is 25.8 Å². The van der Waals surface area contributed by atoms with E-state index in [-0.39, 0.29) is 17.7 Å². The van der Waals surface area contributed by atoms with E-state index in [0.717, 1.165) is 38.8 Å². The van der Waals surface area contributed by atoms with Crippen LogP contribution in [0.5, 0.6) is 0 Å². The quantitative estimate of drug-likeness (QED) is 0.702. The first-order valence-electron chi connectivity index (χ1n) is 7.24. The summed E-state index contributed by atoms with van der Waals surface area (Å²) in [6.07, 6.45) is 3.88. The SMILES string of the molecule is NC(=O)C1CNCCN1C1CCC2(CC1)OCCO2. The molecule has 108 valence electrons. The lowest BCUT2D eigenvalue weighted by atomic mass is 9.88. The largest absolute Gasteiger partial charge is 0.368 e. The number of primary amides is 1. The molecule has 3 rings (SSSR count). The number of ether oxygens (including phenoxy) is 2. The van der Waals surface area contributed by atoms with Crippen LogP contribution in [0.4, 0.5) is 0 Å². The minimum Gasteiger partial charge on any atom is -0.368 e. The van der Waals surface area contributed by atoms with Crippen LogP contribution < -0.4 is 11.1 Å². The molecule has 2 heterocycles. The van der Waals surface area contributed by atoms with Crippen molar-refractivity contribution in [1.29, 1.82) is 0 Å². The Balaban J connectivity index is 1.61. The summed E-state index contributed by atoms with van der Waals surface area (Å²) in [5.74, 6) is -0.548. The number of nitrogens with two attached hydrogens (primary N) is 1. The second kappa shape index (κ2) is 5.36. The third-order valence-electron chi connectivity index (χ3n) is 4.61. The number of carbonyl (C=O) groups excluding carboxylic acids is 1. The van der Waals surface area contributed by atoms with Gasteiger partial charge in [0, 0.05) is 38.5 Å². The average molecular weight is 269 g/mol. The van der Waals surface area contributed by atoms with Crippen LogP contribution in [0.15, 0.2) is 0 Å². The summed E-state index contributed by atoms with van der Waals surface area (Å²) < 4.78 is 11.5. The number of hydrogen-bond donors (Lipinski definition) is 2. The van der Waals surface area contributed by atoms with Crippen molar-refractivity contribution in [2.24, 2.45) is 5.73 Å². The zero-order valence-electron chi connectivity index (χ0n) is 11.3. The molecule has 6 heteroatoms. The number of rotatable bonds is 2. The van der Waals surface area contributed by atoms with Crippen LogP contribution >= 0.6 is 0 Å². The number of nitrogens with zero attached hydrogens (tertiary/aromatic N) is 1. The molecular formula is C13H23N3O3. The van der Waals surface area contributed by atoms with Crippen LogP contribution in [0.25, 0.3) is 0 Å². The zero-order chi connectivity index (χ0) is 13.3. The first-order valence-corrected chi connectivity index (χ1v) is 7.24. The number of hydrogen-bond acceptors (Lipinski definition) is 5. The number of amides is 1. The van der Waals surface area contributed by atoms with Crippen LogP contribution in [0.1, 0.15) is 25.7 Å². The van der Waals surface area contributed by atoms with E-state index >= 15 is 0 Å². The minimum atomic E-state index is -0.327. The van der Waals surface area contributed by atoms with Crippen molar-refractivity contribution in [2.75, 3.05) is 32.8 Å². The molecule has 0 aromatic heterocycles. The van der Waals surface area contributed by atoms with Gasteiger partial charge >= 0.3 is 0 Å². The Kier molecular flexibility index (Phi) is 3.75. The molecule has 2 saturated heterocycles. The molecule has 3 fully saturated rings. The van der Waals surface area contributed by atoms with E-state index in [2.05, 4.69) is 10.2 Å². The first kappa shape index (κ1) is 13.3. The van der Waals surface area contributed by atoms with Crippen molar-refractivity contribution in [3.8, 4) is 0 Å². The fourth-order valence-electron chi connectivity index (χ4n) is 3.58. The maximum Gasteiger partial charge on any atom is 0.236 e. The van der Waals surface area contributed by atoms with Crippen molar-refractivity contribution >= 4 is 5.91 Å². The molecule has 0 bridgehead atoms. The van der Waals surface area contributed by atoms with Crippen LogP contribution in [-0.4, -0.2) is 61.5 Å². The summed E-state index contributed by atoms with van der Waals surface area (Å²) in [6, 6.07) is 0.260. The van der Waals surface area contributed by atoms with Gasteiger partial charge in [0.05, 0.1) is 13.2 Å². The highest BCUT2D eigenvalue weighted by atomic mass is 16.7. The predicted octanol–water partition coefficient (Wildman–Crippen LogP) is -0.569. The smallest absolute Gasteiger partial charge is 0.236 e. The number of carbonyl (C=O) groups is 1. The van der Waals surface area contributed by atoms with Crippen molar-refractivity contribution in [3.63, 3.8) is 0 Å². The van der Waals surface area contributed by atoms with E-state index in [4.69, 9.17) is 15.2 Å². The summed E-state index contributed by atoms with van der Waals surface area (Å²) in [5, 5.41) is 3.24. The molecule has 0 radical (unpaired) electrons. The van der Waals surface area contributed by atoms with E-state index in [1.807, 2.05) is 0 Å². The number of piperazine rings is 1. The Morgan fingerprint density at radius 3 is 2.58 bits per heavy atom. The third-order valence-corrected chi connectivity index (χ3v) is 4.61. The monoisotopic (exact) mass is 269 g/mol. The lowest BCUT2D eigenvalue weighted by Crippen LogP contribution is -2.61. The maximum absolute atomic E-state index is 11.5. The maximum atomic E-state index is 11.5. The molecule has 1 unspecified atom stereocenters. The molecule has 19 heavy (non-hydrogen) atoms. The Bertz CT molecular complexity index is 334. The summed E-state index contributed by atoms with van der Waals surface area (Å²) >= 11 is 0. The predicted molar refractivity (Wildman–Crippen MR) is 69.4 cm³/mol. The molecule has 1 saturated carbocycles. The van der Waals surface area contributed by atoms with Crippen molar-refractivity contribution in [2.45, 2.75) is 43.6 Å². The van der Waals surface area contributed by atoms with Gasteiger partial charge in [0.25, 0.3) is 0 Å². The van der Waals surface area contributed by atoms with Gasteiger partial charge in [-0.3, -0.25) is 9.69 Å². The normalized spacial score (nSPS) is 32.7. The molecule has 1 atom stereocenters. The Labute approximate surface area is 113 Å². The van der Waals surface area contributed by atoms with Gasteiger partial charge in [-0.15, -0.1) is 0 Å². The standard InChI is InChI=1S/C13H23N3O3/c14-12(17)11-9-15-5-6-16(11)10-1-3-13(4-2-10)18-7-8-19-13/h10-11,15H,1-9H2,(H2,14,17). The topological polar surface area (TPSA) is 76.8 Å². The van der Waals surface area contributed by atoms with Gasteiger partial charge in [0.15, 0.2) is 5.79 Å². The molecule has 3 N–H and O–H groups in total. The van der Waals surface area contributed by atoms with Gasteiger partial charge in [0.2, 0.25) is 5.91 Å². The lowest BCUT2D eigenvalue weighted by Gasteiger charge is -2.44. The molecule has 2 aliphatic heterocycles. The Hall–Kier alpha value is -0.690. The lowest BCUT2D eigenvalue weighted by molar-refractivity contribution is -0.185. The van der Waals surface area contributed by atoms with Crippen LogP contribution in [0.3, 0.4) is 0 Å². The van der Waals surface area contributed by atoms with E-state index in [9.17, 15) is 4.79 Å². The van der Waals surface area contributed by atoms with Crippen LogP contribution in [0.2, 0.25) is 0 Å². The second-order valence-corrected chi connectivity index (χ2v) is 5.70. The number of nitrogens with one attached hydrogen (secondary N) is 1. The first-order chi connectivity index (χ1) is 9.20. The molecule has 1 aliphatic carbocycles. The highest BCUT2D eigenvalue weighted by Crippen LogP contribution is 2.37. The summed E-state index contributed by atoms with van der Waals surface area (Å²) in [5.41, 5.74) is 5.51. The Morgan fingerprint density at radius 2 is 1.95 bits per heavy atom. The van der Waals surface area contributed by atoms with Gasteiger partial charge in [-0.1, -0.05) is 0 Å². The van der Waals surface area contributed by atoms with E-state index < -0.39 is 0 Å². The molecule has 1 amide bonds. The van der Waals surface area contributed by atoms with Gasteiger partial charge in [0.1, 0.15) is 6.04 Å². The highest BCUT2D eigenvalue weighted by Gasteiger charge is 2.43. The van der Waals surface area contributed by atoms with Crippen molar-refractivity contribution in [1.82, 2.24) is 10.2 Å². The van der Waals surface area contributed by atoms with Crippen LogP contribution in [0, 0.1) is 0 Å². The molecule has 1 spiro atoms. The highest BCUT2D eigenvalue weighted by molar-refractivity contribution is 5.80. The summed E-state index contributed by atoms with van der Waals surface area (Å²) in [4.78, 5) is 13.8. The fourth-order valence-corrected chi connectivity index (χ4v) is 3.58. The van der Waals surface area contributed by atoms with Gasteiger partial charge in [-0.25, -0.2) is 0 Å². The minimum absolute atomic E-state index is 0.168. The zero-order valence-corrected chi connectivity index (χ0v) is 11.3. The van der Waals surface area contributed by atoms with Gasteiger partial charge in [-0.05, 0) is 12.8 Å². The van der Waals surface area contributed by atoms with Gasteiger partial charge in [-0.2, -0.15) is 0 Å². The molecule has 6 nitrogen and oxygen atoms in total. The fraction of sp³-hybridized carbons (Fsp3) is 0.923. The third kappa shape index (κ3) is 2.63.